The number of hydrogen-bond acceptors (Lipinski definition) is 3. The van der Waals surface area contributed by atoms with Gasteiger partial charge >= 0.3 is 0 Å². The molecule has 1 saturated carbocycles. The molecule has 2 atom stereocenters. The molecule has 1 fully saturated rings. The van der Waals surface area contributed by atoms with Crippen molar-refractivity contribution in [2.24, 2.45) is 16.8 Å². The van der Waals surface area contributed by atoms with Crippen molar-refractivity contribution in [3.8, 4) is 0 Å². The van der Waals surface area contributed by atoms with Crippen LogP contribution >= 0.6 is 0 Å². The standard InChI is InChI=1S/C10H19N3/c1-2-8-6-9(8)7-13-10-11-4-3-5-12-10/h8-9H,2-7H2,1H3,(H2,11,12,13). The van der Waals surface area contributed by atoms with Gasteiger partial charge in [-0.25, -0.2) is 0 Å². The fourth-order valence-corrected chi connectivity index (χ4v) is 1.94. The summed E-state index contributed by atoms with van der Waals surface area (Å²) in [5.41, 5.74) is 0. The summed E-state index contributed by atoms with van der Waals surface area (Å²) in [5.74, 6) is 2.92. The summed E-state index contributed by atoms with van der Waals surface area (Å²) in [7, 11) is 0. The maximum atomic E-state index is 4.37. The molecule has 1 aliphatic heterocycles. The summed E-state index contributed by atoms with van der Waals surface area (Å²) < 4.78 is 0. The second kappa shape index (κ2) is 3.99. The molecule has 0 aromatic heterocycles. The normalized spacial score (nSPS) is 31.9. The van der Waals surface area contributed by atoms with Crippen LogP contribution in [0.25, 0.3) is 0 Å². The molecular weight excluding hydrogens is 162 g/mol. The van der Waals surface area contributed by atoms with Crippen molar-refractivity contribution in [3.05, 3.63) is 0 Å². The van der Waals surface area contributed by atoms with Crippen molar-refractivity contribution in [2.45, 2.75) is 26.2 Å². The highest BCUT2D eigenvalue weighted by Crippen LogP contribution is 2.40. The number of aliphatic imine (C=N–C) groups is 1. The first-order valence-electron chi connectivity index (χ1n) is 5.42. The lowest BCUT2D eigenvalue weighted by atomic mass is 10.2. The Hall–Kier alpha value is -0.730. The topological polar surface area (TPSA) is 36.4 Å². The Morgan fingerprint density at radius 1 is 1.54 bits per heavy atom. The number of guanidine groups is 1. The Kier molecular flexibility index (Phi) is 2.71. The molecule has 0 aromatic carbocycles. The SMILES string of the molecule is CCC1CC1CNC1=NCCCN1. The van der Waals surface area contributed by atoms with Crippen LogP contribution < -0.4 is 10.6 Å². The highest BCUT2D eigenvalue weighted by atomic mass is 15.2. The predicted molar refractivity (Wildman–Crippen MR) is 54.8 cm³/mol. The van der Waals surface area contributed by atoms with E-state index in [0.717, 1.165) is 37.4 Å². The minimum atomic E-state index is 0.913. The molecule has 13 heavy (non-hydrogen) atoms. The Bertz CT molecular complexity index is 200. The van der Waals surface area contributed by atoms with E-state index in [4.69, 9.17) is 0 Å². The third-order valence-electron chi connectivity index (χ3n) is 3.02. The molecule has 3 nitrogen and oxygen atoms in total. The second-order valence-corrected chi connectivity index (χ2v) is 4.06. The molecular formula is C10H19N3. The molecule has 2 N–H and O–H groups in total. The summed E-state index contributed by atoms with van der Waals surface area (Å²) in [6.07, 6.45) is 3.93. The van der Waals surface area contributed by atoms with Crippen molar-refractivity contribution in [2.75, 3.05) is 19.6 Å². The van der Waals surface area contributed by atoms with Crippen LogP contribution in [0.5, 0.6) is 0 Å². The van der Waals surface area contributed by atoms with Gasteiger partial charge in [-0.05, 0) is 24.7 Å². The maximum absolute atomic E-state index is 4.37. The molecule has 2 rings (SSSR count). The van der Waals surface area contributed by atoms with Crippen molar-refractivity contribution in [1.29, 1.82) is 0 Å². The highest BCUT2D eigenvalue weighted by molar-refractivity contribution is 5.80. The van der Waals surface area contributed by atoms with Crippen LogP contribution in [-0.4, -0.2) is 25.6 Å². The van der Waals surface area contributed by atoms with Crippen molar-refractivity contribution in [1.82, 2.24) is 10.6 Å². The molecule has 0 saturated heterocycles. The number of hydrogen-bond donors (Lipinski definition) is 2. The van der Waals surface area contributed by atoms with E-state index in [9.17, 15) is 0 Å². The summed E-state index contributed by atoms with van der Waals surface area (Å²) >= 11 is 0. The molecule has 0 aromatic rings. The monoisotopic (exact) mass is 181 g/mol. The number of nitrogens with one attached hydrogen (secondary N) is 2. The smallest absolute Gasteiger partial charge is 0.191 e. The van der Waals surface area contributed by atoms with E-state index in [-0.39, 0.29) is 0 Å². The van der Waals surface area contributed by atoms with Crippen LogP contribution in [0, 0.1) is 11.8 Å². The Morgan fingerprint density at radius 2 is 2.46 bits per heavy atom. The van der Waals surface area contributed by atoms with Crippen LogP contribution in [0.4, 0.5) is 0 Å². The fraction of sp³-hybridized carbons (Fsp3) is 0.900. The van der Waals surface area contributed by atoms with Gasteiger partial charge in [0.05, 0.1) is 0 Å². The average molecular weight is 181 g/mol. The fourth-order valence-electron chi connectivity index (χ4n) is 1.94. The zero-order valence-electron chi connectivity index (χ0n) is 8.34. The van der Waals surface area contributed by atoms with Gasteiger partial charge < -0.3 is 10.6 Å². The molecule has 0 amide bonds. The molecule has 1 aliphatic carbocycles. The van der Waals surface area contributed by atoms with Gasteiger partial charge in [-0.2, -0.15) is 0 Å². The van der Waals surface area contributed by atoms with Crippen molar-refractivity contribution < 1.29 is 0 Å². The van der Waals surface area contributed by atoms with Crippen LogP contribution in [0.15, 0.2) is 4.99 Å². The lowest BCUT2D eigenvalue weighted by molar-refractivity contribution is 0.636. The van der Waals surface area contributed by atoms with Gasteiger partial charge in [-0.3, -0.25) is 4.99 Å². The first-order valence-corrected chi connectivity index (χ1v) is 5.42. The molecule has 2 unspecified atom stereocenters. The van der Waals surface area contributed by atoms with Gasteiger partial charge in [0, 0.05) is 19.6 Å². The van der Waals surface area contributed by atoms with Gasteiger partial charge in [0.1, 0.15) is 0 Å². The zero-order chi connectivity index (χ0) is 9.10. The van der Waals surface area contributed by atoms with E-state index in [1.54, 1.807) is 0 Å². The molecule has 0 radical (unpaired) electrons. The Morgan fingerprint density at radius 3 is 3.08 bits per heavy atom. The predicted octanol–water partition coefficient (Wildman–Crippen LogP) is 0.971. The molecule has 2 aliphatic rings. The van der Waals surface area contributed by atoms with Crippen molar-refractivity contribution in [3.63, 3.8) is 0 Å². The lowest BCUT2D eigenvalue weighted by Crippen LogP contribution is -2.41. The van der Waals surface area contributed by atoms with Crippen LogP contribution in [0.2, 0.25) is 0 Å². The Labute approximate surface area is 80.0 Å². The molecule has 0 spiro atoms. The van der Waals surface area contributed by atoms with Crippen LogP contribution in [-0.2, 0) is 0 Å². The third kappa shape index (κ3) is 2.36. The van der Waals surface area contributed by atoms with E-state index < -0.39 is 0 Å². The summed E-state index contributed by atoms with van der Waals surface area (Å²) in [6.45, 7) is 5.45. The van der Waals surface area contributed by atoms with E-state index >= 15 is 0 Å². The lowest BCUT2D eigenvalue weighted by Gasteiger charge is -2.15. The van der Waals surface area contributed by atoms with E-state index in [1.165, 1.54) is 19.3 Å². The zero-order valence-corrected chi connectivity index (χ0v) is 8.34. The first kappa shape index (κ1) is 8.85. The van der Waals surface area contributed by atoms with Gasteiger partial charge in [-0.1, -0.05) is 13.3 Å². The maximum Gasteiger partial charge on any atom is 0.191 e. The molecule has 1 heterocycles. The second-order valence-electron chi connectivity index (χ2n) is 4.06. The first-order chi connectivity index (χ1) is 6.40. The molecule has 3 heteroatoms. The van der Waals surface area contributed by atoms with Crippen LogP contribution in [0.1, 0.15) is 26.2 Å². The molecule has 0 bridgehead atoms. The quantitative estimate of drug-likeness (QED) is 0.680. The third-order valence-corrected chi connectivity index (χ3v) is 3.02. The molecule has 74 valence electrons. The largest absolute Gasteiger partial charge is 0.356 e. The number of nitrogens with zero attached hydrogens (tertiary/aromatic N) is 1. The average Bonchev–Trinajstić information content (AvgIpc) is 2.95. The van der Waals surface area contributed by atoms with E-state index in [2.05, 4.69) is 22.5 Å². The summed E-state index contributed by atoms with van der Waals surface area (Å²) in [4.78, 5) is 4.37. The number of rotatable bonds is 3. The minimum Gasteiger partial charge on any atom is -0.356 e. The van der Waals surface area contributed by atoms with E-state index in [0.29, 0.717) is 0 Å². The van der Waals surface area contributed by atoms with Gasteiger partial charge in [0.25, 0.3) is 0 Å². The summed E-state index contributed by atoms with van der Waals surface area (Å²) in [5, 5.41) is 6.66. The van der Waals surface area contributed by atoms with Crippen molar-refractivity contribution >= 4 is 5.96 Å². The summed E-state index contributed by atoms with van der Waals surface area (Å²) in [6, 6.07) is 0. The minimum absolute atomic E-state index is 0.913. The van der Waals surface area contributed by atoms with E-state index in [1.807, 2.05) is 0 Å². The highest BCUT2D eigenvalue weighted by Gasteiger charge is 2.34. The van der Waals surface area contributed by atoms with Gasteiger partial charge in [0.15, 0.2) is 5.96 Å². The van der Waals surface area contributed by atoms with Gasteiger partial charge in [-0.15, -0.1) is 0 Å². The van der Waals surface area contributed by atoms with Crippen LogP contribution in [0.3, 0.4) is 0 Å². The Balaban J connectivity index is 1.65. The van der Waals surface area contributed by atoms with Gasteiger partial charge in [0.2, 0.25) is 0 Å².